The largest absolute Gasteiger partial charge is 0.366 e. The molecule has 2 aliphatic carbocycles. The van der Waals surface area contributed by atoms with Gasteiger partial charge in [-0.15, -0.1) is 11.6 Å². The Hall–Kier alpha value is 0.210. The molecular formula is C19H31ClO2. The highest BCUT2D eigenvalue weighted by Gasteiger charge is 2.65. The van der Waals surface area contributed by atoms with E-state index in [-0.39, 0.29) is 16.6 Å². The zero-order valence-corrected chi connectivity index (χ0v) is 15.5. The van der Waals surface area contributed by atoms with Gasteiger partial charge < -0.3 is 9.47 Å². The Morgan fingerprint density at radius 2 is 1.36 bits per heavy atom. The third-order valence-corrected chi connectivity index (χ3v) is 8.26. The van der Waals surface area contributed by atoms with Gasteiger partial charge in [-0.05, 0) is 68.6 Å². The van der Waals surface area contributed by atoms with Gasteiger partial charge in [0.05, 0.1) is 23.4 Å². The first-order valence-electron chi connectivity index (χ1n) is 9.13. The molecule has 0 aromatic heterocycles. The SMILES string of the molecule is CC1CC(C(C)(CCl)C2CC(C)C3OC3(C)C2)CC2(C)OC12. The molecule has 0 aromatic rings. The molecule has 0 N–H and O–H groups in total. The fourth-order valence-corrected chi connectivity index (χ4v) is 6.56. The fraction of sp³-hybridized carbons (Fsp3) is 1.00. The summed E-state index contributed by atoms with van der Waals surface area (Å²) in [6, 6.07) is 0. The summed E-state index contributed by atoms with van der Waals surface area (Å²) in [5.74, 6) is 3.48. The summed E-state index contributed by atoms with van der Waals surface area (Å²) in [6.45, 7) is 11.8. The van der Waals surface area contributed by atoms with Gasteiger partial charge in [-0.1, -0.05) is 20.8 Å². The first-order valence-corrected chi connectivity index (χ1v) is 9.67. The number of hydrogen-bond donors (Lipinski definition) is 0. The lowest BCUT2D eigenvalue weighted by Crippen LogP contribution is -2.46. The lowest BCUT2D eigenvalue weighted by atomic mass is 9.56. The molecule has 4 rings (SSSR count). The summed E-state index contributed by atoms with van der Waals surface area (Å²) in [7, 11) is 0. The third kappa shape index (κ3) is 2.13. The molecule has 126 valence electrons. The number of rotatable bonds is 3. The Labute approximate surface area is 140 Å². The minimum absolute atomic E-state index is 0.137. The predicted octanol–water partition coefficient (Wildman–Crippen LogP) is 4.64. The van der Waals surface area contributed by atoms with Gasteiger partial charge in [-0.3, -0.25) is 0 Å². The molecule has 2 saturated heterocycles. The normalized spacial score (nSPS) is 59.2. The molecule has 2 saturated carbocycles. The summed E-state index contributed by atoms with van der Waals surface area (Å²) in [6.07, 6.45) is 5.93. The number of fused-ring (bicyclic) bond motifs is 2. The Morgan fingerprint density at radius 1 is 0.955 bits per heavy atom. The van der Waals surface area contributed by atoms with Crippen LogP contribution in [0.3, 0.4) is 0 Å². The van der Waals surface area contributed by atoms with Gasteiger partial charge >= 0.3 is 0 Å². The molecule has 2 heterocycles. The van der Waals surface area contributed by atoms with Crippen LogP contribution in [0.1, 0.15) is 60.3 Å². The molecule has 2 aliphatic heterocycles. The van der Waals surface area contributed by atoms with Crippen molar-refractivity contribution in [1.29, 1.82) is 0 Å². The van der Waals surface area contributed by atoms with Gasteiger partial charge in [0.2, 0.25) is 0 Å². The highest BCUT2D eigenvalue weighted by molar-refractivity contribution is 6.18. The van der Waals surface area contributed by atoms with E-state index >= 15 is 0 Å². The molecule has 3 heteroatoms. The van der Waals surface area contributed by atoms with Gasteiger partial charge in [0.15, 0.2) is 0 Å². The van der Waals surface area contributed by atoms with E-state index in [1.165, 1.54) is 25.7 Å². The van der Waals surface area contributed by atoms with E-state index in [1.807, 2.05) is 0 Å². The Morgan fingerprint density at radius 3 is 1.68 bits per heavy atom. The predicted molar refractivity (Wildman–Crippen MR) is 89.2 cm³/mol. The highest BCUT2D eigenvalue weighted by atomic mass is 35.5. The molecular weight excluding hydrogens is 296 g/mol. The van der Waals surface area contributed by atoms with Crippen molar-refractivity contribution in [3.05, 3.63) is 0 Å². The summed E-state index contributed by atoms with van der Waals surface area (Å²) in [4.78, 5) is 0. The van der Waals surface area contributed by atoms with Crippen LogP contribution in [-0.2, 0) is 9.47 Å². The topological polar surface area (TPSA) is 25.1 Å². The minimum atomic E-state index is 0.137. The monoisotopic (exact) mass is 326 g/mol. The zero-order chi connectivity index (χ0) is 15.9. The van der Waals surface area contributed by atoms with Crippen molar-refractivity contribution in [2.24, 2.45) is 29.1 Å². The quantitative estimate of drug-likeness (QED) is 0.557. The van der Waals surface area contributed by atoms with E-state index in [1.54, 1.807) is 0 Å². The maximum atomic E-state index is 6.60. The molecule has 0 spiro atoms. The molecule has 0 aromatic carbocycles. The van der Waals surface area contributed by atoms with Gasteiger partial charge in [-0.2, -0.15) is 0 Å². The molecule has 0 amide bonds. The van der Waals surface area contributed by atoms with E-state index in [4.69, 9.17) is 21.1 Å². The van der Waals surface area contributed by atoms with Crippen LogP contribution in [0.25, 0.3) is 0 Å². The van der Waals surface area contributed by atoms with Crippen LogP contribution in [0.15, 0.2) is 0 Å². The standard InChI is InChI=1S/C19H31ClO2/c1-11-6-13(8-18(4)15(11)21-18)17(3,10-20)14-7-12(2)16-19(5,9-14)22-16/h11-16H,6-10H2,1-5H3. The average Bonchev–Trinajstić information content (AvgIpc) is 3.32. The van der Waals surface area contributed by atoms with Crippen LogP contribution >= 0.6 is 11.6 Å². The molecule has 4 fully saturated rings. The molecule has 4 aliphatic rings. The molecule has 8 atom stereocenters. The summed E-state index contributed by atoms with van der Waals surface area (Å²) in [5.41, 5.74) is 0.487. The van der Waals surface area contributed by atoms with Gasteiger partial charge in [0.1, 0.15) is 0 Å². The van der Waals surface area contributed by atoms with Crippen molar-refractivity contribution in [3.8, 4) is 0 Å². The van der Waals surface area contributed by atoms with E-state index in [0.717, 1.165) is 5.88 Å². The molecule has 22 heavy (non-hydrogen) atoms. The number of epoxide rings is 2. The van der Waals surface area contributed by atoms with Crippen molar-refractivity contribution < 1.29 is 9.47 Å². The molecule has 2 nitrogen and oxygen atoms in total. The maximum Gasteiger partial charge on any atom is 0.0926 e. The number of halogens is 1. The van der Waals surface area contributed by atoms with Gasteiger partial charge in [0, 0.05) is 5.88 Å². The van der Waals surface area contributed by atoms with E-state index in [2.05, 4.69) is 34.6 Å². The van der Waals surface area contributed by atoms with Crippen molar-refractivity contribution in [1.82, 2.24) is 0 Å². The van der Waals surface area contributed by atoms with Crippen LogP contribution < -0.4 is 0 Å². The average molecular weight is 327 g/mol. The summed E-state index contributed by atoms with van der Waals surface area (Å²) in [5, 5.41) is 0. The zero-order valence-electron chi connectivity index (χ0n) is 14.7. The smallest absolute Gasteiger partial charge is 0.0926 e. The van der Waals surface area contributed by atoms with Crippen molar-refractivity contribution in [3.63, 3.8) is 0 Å². The Balaban J connectivity index is 1.57. The van der Waals surface area contributed by atoms with Crippen molar-refractivity contribution in [2.75, 3.05) is 5.88 Å². The van der Waals surface area contributed by atoms with Crippen LogP contribution in [0, 0.1) is 29.1 Å². The number of hydrogen-bond acceptors (Lipinski definition) is 2. The fourth-order valence-electron chi connectivity index (χ4n) is 6.12. The lowest BCUT2D eigenvalue weighted by Gasteiger charge is -2.48. The van der Waals surface area contributed by atoms with Crippen molar-refractivity contribution in [2.45, 2.75) is 83.7 Å². The first-order chi connectivity index (χ1) is 10.2. The van der Waals surface area contributed by atoms with Crippen LogP contribution in [0.4, 0.5) is 0 Å². The maximum absolute atomic E-state index is 6.60. The van der Waals surface area contributed by atoms with Gasteiger partial charge in [0.25, 0.3) is 0 Å². The minimum Gasteiger partial charge on any atom is -0.366 e. The molecule has 8 unspecified atom stereocenters. The third-order valence-electron chi connectivity index (χ3n) is 7.68. The van der Waals surface area contributed by atoms with Crippen LogP contribution in [0.5, 0.6) is 0 Å². The number of ether oxygens (including phenoxy) is 2. The highest BCUT2D eigenvalue weighted by Crippen LogP contribution is 2.62. The first kappa shape index (κ1) is 15.7. The molecule has 0 radical (unpaired) electrons. The Bertz CT molecular complexity index is 442. The van der Waals surface area contributed by atoms with E-state index in [9.17, 15) is 0 Å². The second kappa shape index (κ2) is 4.64. The lowest BCUT2D eigenvalue weighted by molar-refractivity contribution is 0.0333. The van der Waals surface area contributed by atoms with E-state index in [0.29, 0.717) is 35.9 Å². The van der Waals surface area contributed by atoms with Gasteiger partial charge in [-0.25, -0.2) is 0 Å². The summed E-state index contributed by atoms with van der Waals surface area (Å²) >= 11 is 6.60. The second-order valence-electron chi connectivity index (χ2n) is 9.57. The number of alkyl halides is 1. The second-order valence-corrected chi connectivity index (χ2v) is 9.84. The van der Waals surface area contributed by atoms with Crippen molar-refractivity contribution >= 4 is 11.6 Å². The van der Waals surface area contributed by atoms with E-state index < -0.39 is 0 Å². The molecule has 0 bridgehead atoms. The Kier molecular flexibility index (Phi) is 3.32. The summed E-state index contributed by atoms with van der Waals surface area (Å²) < 4.78 is 12.1. The van der Waals surface area contributed by atoms with Crippen LogP contribution in [-0.4, -0.2) is 29.3 Å². The van der Waals surface area contributed by atoms with Crippen LogP contribution in [0.2, 0.25) is 0 Å².